The summed E-state index contributed by atoms with van der Waals surface area (Å²) >= 11 is 0. The Balaban J connectivity index is 2.22. The second-order valence-corrected chi connectivity index (χ2v) is 7.38. The maximum Gasteiger partial charge on any atom is 0.243 e. The van der Waals surface area contributed by atoms with Gasteiger partial charge in [-0.3, -0.25) is 0 Å². The molecule has 2 rings (SSSR count). The number of hydrogen-bond donors (Lipinski definition) is 2. The molecule has 0 aromatic heterocycles. The molecule has 3 unspecified atom stereocenters. The number of rotatable bonds is 3. The SMILES string of the molecule is CC(O)c1ccc(S(=O)(=O)N2CCC(O)C(C)C2)cc1. The molecular weight excluding hydrogens is 278 g/mol. The van der Waals surface area contributed by atoms with Gasteiger partial charge in [-0.05, 0) is 37.0 Å². The van der Waals surface area contributed by atoms with Crippen molar-refractivity contribution in [2.75, 3.05) is 13.1 Å². The minimum absolute atomic E-state index is 0.0599. The minimum atomic E-state index is -3.52. The van der Waals surface area contributed by atoms with E-state index in [0.717, 1.165) is 0 Å². The smallest absolute Gasteiger partial charge is 0.243 e. The van der Waals surface area contributed by atoms with Crippen LogP contribution < -0.4 is 0 Å². The molecular formula is C14H21NO4S. The van der Waals surface area contributed by atoms with Crippen LogP contribution in [0.5, 0.6) is 0 Å². The van der Waals surface area contributed by atoms with Crippen LogP contribution in [0.4, 0.5) is 0 Å². The van der Waals surface area contributed by atoms with Gasteiger partial charge < -0.3 is 10.2 Å². The van der Waals surface area contributed by atoms with Crippen LogP contribution in [0.2, 0.25) is 0 Å². The van der Waals surface area contributed by atoms with Crippen molar-refractivity contribution < 1.29 is 18.6 Å². The normalized spacial score (nSPS) is 26.4. The first-order valence-corrected chi connectivity index (χ1v) is 8.22. The van der Waals surface area contributed by atoms with E-state index in [4.69, 9.17) is 0 Å². The number of benzene rings is 1. The Kier molecular flexibility index (Phi) is 4.49. The van der Waals surface area contributed by atoms with Crippen molar-refractivity contribution >= 4 is 10.0 Å². The van der Waals surface area contributed by atoms with E-state index in [1.807, 2.05) is 6.92 Å². The molecule has 0 spiro atoms. The van der Waals surface area contributed by atoms with Crippen LogP contribution in [0.15, 0.2) is 29.2 Å². The molecule has 0 amide bonds. The number of aliphatic hydroxyl groups is 2. The Labute approximate surface area is 119 Å². The summed E-state index contributed by atoms with van der Waals surface area (Å²) in [4.78, 5) is 0.227. The predicted octanol–water partition coefficient (Wildman–Crippen LogP) is 1.13. The third kappa shape index (κ3) is 3.03. The Morgan fingerprint density at radius 3 is 2.40 bits per heavy atom. The lowest BCUT2D eigenvalue weighted by molar-refractivity contribution is 0.0628. The lowest BCUT2D eigenvalue weighted by atomic mass is 9.99. The molecule has 0 aliphatic carbocycles. The number of sulfonamides is 1. The summed E-state index contributed by atoms with van der Waals surface area (Å²) in [7, 11) is -3.52. The molecule has 5 nitrogen and oxygen atoms in total. The molecule has 0 bridgehead atoms. The van der Waals surface area contributed by atoms with Crippen molar-refractivity contribution in [3.8, 4) is 0 Å². The Morgan fingerprint density at radius 2 is 1.90 bits per heavy atom. The third-order valence-electron chi connectivity index (χ3n) is 3.82. The van der Waals surface area contributed by atoms with E-state index in [-0.39, 0.29) is 10.8 Å². The molecule has 1 aliphatic heterocycles. The van der Waals surface area contributed by atoms with Crippen molar-refractivity contribution in [1.29, 1.82) is 0 Å². The second-order valence-electron chi connectivity index (χ2n) is 5.44. The van der Waals surface area contributed by atoms with Gasteiger partial charge in [0.2, 0.25) is 10.0 Å². The second kappa shape index (κ2) is 5.81. The van der Waals surface area contributed by atoms with E-state index in [1.54, 1.807) is 19.1 Å². The molecule has 20 heavy (non-hydrogen) atoms. The molecule has 0 saturated carbocycles. The van der Waals surface area contributed by atoms with Crippen molar-refractivity contribution in [3.05, 3.63) is 29.8 Å². The zero-order chi connectivity index (χ0) is 14.9. The standard InChI is InChI=1S/C14H21NO4S/c1-10-9-15(8-7-14(10)17)20(18,19)13-5-3-12(4-6-13)11(2)16/h3-6,10-11,14,16-17H,7-9H2,1-2H3. The van der Waals surface area contributed by atoms with Gasteiger partial charge in [0.05, 0.1) is 17.1 Å². The average Bonchev–Trinajstić information content (AvgIpc) is 2.41. The fraction of sp³-hybridized carbons (Fsp3) is 0.571. The van der Waals surface area contributed by atoms with Crippen molar-refractivity contribution in [1.82, 2.24) is 4.31 Å². The summed E-state index contributed by atoms with van der Waals surface area (Å²) in [5.74, 6) is -0.0599. The number of hydrogen-bond acceptors (Lipinski definition) is 4. The summed E-state index contributed by atoms with van der Waals surface area (Å²) in [6.45, 7) is 4.16. The Hall–Kier alpha value is -0.950. The van der Waals surface area contributed by atoms with Crippen LogP contribution in [0.25, 0.3) is 0 Å². The van der Waals surface area contributed by atoms with Gasteiger partial charge in [0.25, 0.3) is 0 Å². The van der Waals surface area contributed by atoms with Gasteiger partial charge in [-0.2, -0.15) is 4.31 Å². The molecule has 3 atom stereocenters. The summed E-state index contributed by atoms with van der Waals surface area (Å²) in [6.07, 6.45) is -0.581. The third-order valence-corrected chi connectivity index (χ3v) is 5.70. The van der Waals surface area contributed by atoms with E-state index in [1.165, 1.54) is 16.4 Å². The van der Waals surface area contributed by atoms with Gasteiger partial charge in [-0.15, -0.1) is 0 Å². The van der Waals surface area contributed by atoms with Crippen LogP contribution >= 0.6 is 0 Å². The monoisotopic (exact) mass is 299 g/mol. The zero-order valence-electron chi connectivity index (χ0n) is 11.7. The summed E-state index contributed by atoms with van der Waals surface area (Å²) in [5, 5.41) is 19.1. The topological polar surface area (TPSA) is 77.8 Å². The highest BCUT2D eigenvalue weighted by Crippen LogP contribution is 2.24. The zero-order valence-corrected chi connectivity index (χ0v) is 12.5. The highest BCUT2D eigenvalue weighted by Gasteiger charge is 2.32. The highest BCUT2D eigenvalue weighted by atomic mass is 32.2. The molecule has 112 valence electrons. The fourth-order valence-corrected chi connectivity index (χ4v) is 3.94. The molecule has 1 heterocycles. The molecule has 0 radical (unpaired) electrons. The molecule has 1 fully saturated rings. The lowest BCUT2D eigenvalue weighted by Crippen LogP contribution is -2.44. The number of piperidine rings is 1. The Morgan fingerprint density at radius 1 is 1.30 bits per heavy atom. The van der Waals surface area contributed by atoms with E-state index < -0.39 is 22.2 Å². The van der Waals surface area contributed by atoms with Gasteiger partial charge in [0, 0.05) is 13.1 Å². The van der Waals surface area contributed by atoms with Gasteiger partial charge >= 0.3 is 0 Å². The van der Waals surface area contributed by atoms with Gasteiger partial charge in [-0.25, -0.2) is 8.42 Å². The summed E-state index contributed by atoms with van der Waals surface area (Å²) in [6, 6.07) is 6.29. The van der Waals surface area contributed by atoms with Gasteiger partial charge in [0.15, 0.2) is 0 Å². The summed E-state index contributed by atoms with van der Waals surface area (Å²) in [5.41, 5.74) is 0.686. The quantitative estimate of drug-likeness (QED) is 0.877. The summed E-state index contributed by atoms with van der Waals surface area (Å²) < 4.78 is 26.4. The first-order chi connectivity index (χ1) is 9.32. The molecule has 1 aromatic carbocycles. The fourth-order valence-electron chi connectivity index (χ4n) is 2.38. The van der Waals surface area contributed by atoms with Crippen LogP contribution in [-0.4, -0.2) is 42.1 Å². The van der Waals surface area contributed by atoms with Crippen LogP contribution in [-0.2, 0) is 10.0 Å². The lowest BCUT2D eigenvalue weighted by Gasteiger charge is -2.33. The van der Waals surface area contributed by atoms with Crippen molar-refractivity contribution in [2.24, 2.45) is 5.92 Å². The number of nitrogens with zero attached hydrogens (tertiary/aromatic N) is 1. The van der Waals surface area contributed by atoms with Gasteiger partial charge in [0.1, 0.15) is 0 Å². The molecule has 1 saturated heterocycles. The van der Waals surface area contributed by atoms with E-state index in [9.17, 15) is 18.6 Å². The largest absolute Gasteiger partial charge is 0.393 e. The van der Waals surface area contributed by atoms with E-state index >= 15 is 0 Å². The highest BCUT2D eigenvalue weighted by molar-refractivity contribution is 7.89. The van der Waals surface area contributed by atoms with Crippen LogP contribution in [0.3, 0.4) is 0 Å². The first-order valence-electron chi connectivity index (χ1n) is 6.78. The molecule has 1 aliphatic rings. The molecule has 2 N–H and O–H groups in total. The van der Waals surface area contributed by atoms with Gasteiger partial charge in [-0.1, -0.05) is 19.1 Å². The molecule has 1 aromatic rings. The minimum Gasteiger partial charge on any atom is -0.393 e. The Bertz CT molecular complexity index is 553. The van der Waals surface area contributed by atoms with E-state index in [0.29, 0.717) is 25.1 Å². The van der Waals surface area contributed by atoms with Crippen LogP contribution in [0, 0.1) is 5.92 Å². The van der Waals surface area contributed by atoms with Crippen LogP contribution in [0.1, 0.15) is 31.9 Å². The maximum atomic E-state index is 12.5. The first kappa shape index (κ1) is 15.4. The average molecular weight is 299 g/mol. The maximum absolute atomic E-state index is 12.5. The van der Waals surface area contributed by atoms with Crippen molar-refractivity contribution in [3.63, 3.8) is 0 Å². The van der Waals surface area contributed by atoms with Crippen molar-refractivity contribution in [2.45, 2.75) is 37.4 Å². The molecule has 6 heteroatoms. The number of aliphatic hydroxyl groups excluding tert-OH is 2. The predicted molar refractivity (Wildman–Crippen MR) is 75.6 cm³/mol. The van der Waals surface area contributed by atoms with E-state index in [2.05, 4.69) is 0 Å².